The molecular formula is C15H24N4O3. The molecule has 1 aromatic rings. The van der Waals surface area contributed by atoms with Gasteiger partial charge in [-0.1, -0.05) is 19.8 Å². The second-order valence-corrected chi connectivity index (χ2v) is 5.95. The quantitative estimate of drug-likeness (QED) is 0.749. The number of H-pyrrole nitrogens is 1. The third-order valence-corrected chi connectivity index (χ3v) is 4.31. The van der Waals surface area contributed by atoms with E-state index in [9.17, 15) is 14.4 Å². The van der Waals surface area contributed by atoms with Crippen molar-refractivity contribution in [2.24, 2.45) is 0 Å². The van der Waals surface area contributed by atoms with E-state index in [0.717, 1.165) is 12.8 Å². The molecule has 0 spiro atoms. The topological polar surface area (TPSA) is 101 Å². The highest BCUT2D eigenvalue weighted by Crippen LogP contribution is 2.22. The van der Waals surface area contributed by atoms with E-state index in [1.165, 1.54) is 17.4 Å². The Kier molecular flexibility index (Phi) is 5.18. The molecule has 22 heavy (non-hydrogen) atoms. The molecular weight excluding hydrogens is 284 g/mol. The Hall–Kier alpha value is -1.89. The first-order chi connectivity index (χ1) is 10.5. The molecule has 0 unspecified atom stereocenters. The van der Waals surface area contributed by atoms with Crippen LogP contribution in [0.2, 0.25) is 0 Å². The normalized spacial score (nSPS) is 15.6. The highest BCUT2D eigenvalue weighted by Gasteiger charge is 2.25. The number of Topliss-reactive ketones (excluding diaryl/α,β-unsaturated/α-hetero) is 1. The minimum Gasteiger partial charge on any atom is -0.384 e. The average Bonchev–Trinajstić information content (AvgIpc) is 2.97. The lowest BCUT2D eigenvalue weighted by molar-refractivity contribution is 0.0919. The van der Waals surface area contributed by atoms with Crippen molar-refractivity contribution in [2.45, 2.75) is 51.6 Å². The summed E-state index contributed by atoms with van der Waals surface area (Å²) < 4.78 is 1.25. The molecule has 0 radical (unpaired) electrons. The van der Waals surface area contributed by atoms with Crippen LogP contribution < -0.4 is 17.0 Å². The molecule has 1 aliphatic carbocycles. The maximum atomic E-state index is 12.5. The maximum absolute atomic E-state index is 12.5. The molecule has 0 aliphatic heterocycles. The highest BCUT2D eigenvalue weighted by atomic mass is 16.2. The minimum absolute atomic E-state index is 0.0274. The molecule has 0 atom stereocenters. The lowest BCUT2D eigenvalue weighted by Crippen LogP contribution is -2.40. The van der Waals surface area contributed by atoms with Gasteiger partial charge in [0.2, 0.25) is 0 Å². The minimum atomic E-state index is -0.695. The third kappa shape index (κ3) is 3.30. The van der Waals surface area contributed by atoms with E-state index in [4.69, 9.17) is 5.73 Å². The fraction of sp³-hybridized carbons (Fsp3) is 0.667. The number of likely N-dealkylation sites (N-methyl/N-ethyl adjacent to an activating group) is 1. The number of nitrogens with zero attached hydrogens (tertiary/aromatic N) is 2. The van der Waals surface area contributed by atoms with Gasteiger partial charge in [0.1, 0.15) is 11.4 Å². The van der Waals surface area contributed by atoms with Gasteiger partial charge >= 0.3 is 5.69 Å². The van der Waals surface area contributed by atoms with Gasteiger partial charge in [0.05, 0.1) is 6.54 Å². The second kappa shape index (κ2) is 6.91. The van der Waals surface area contributed by atoms with Crippen LogP contribution in [-0.2, 0) is 6.54 Å². The zero-order valence-corrected chi connectivity index (χ0v) is 13.2. The van der Waals surface area contributed by atoms with Gasteiger partial charge < -0.3 is 5.73 Å². The zero-order chi connectivity index (χ0) is 16.3. The van der Waals surface area contributed by atoms with Crippen LogP contribution in [0.3, 0.4) is 0 Å². The number of aromatic nitrogens is 2. The van der Waals surface area contributed by atoms with E-state index in [0.29, 0.717) is 19.0 Å². The number of nitrogens with two attached hydrogens (primary N) is 1. The van der Waals surface area contributed by atoms with Crippen molar-refractivity contribution in [1.29, 1.82) is 0 Å². The molecule has 1 aromatic heterocycles. The lowest BCUT2D eigenvalue weighted by Gasteiger charge is -2.23. The Morgan fingerprint density at radius 2 is 2.00 bits per heavy atom. The Labute approximate surface area is 129 Å². The second-order valence-electron chi connectivity index (χ2n) is 5.95. The molecule has 3 N–H and O–H groups in total. The van der Waals surface area contributed by atoms with Gasteiger partial charge in [-0.2, -0.15) is 0 Å². The number of hydrogen-bond donors (Lipinski definition) is 2. The van der Waals surface area contributed by atoms with Gasteiger partial charge in [-0.3, -0.25) is 24.0 Å². The molecule has 1 aliphatic rings. The Balaban J connectivity index is 2.27. The van der Waals surface area contributed by atoms with Crippen LogP contribution >= 0.6 is 0 Å². The molecule has 1 heterocycles. The van der Waals surface area contributed by atoms with Gasteiger partial charge in [-0.15, -0.1) is 0 Å². The molecule has 1 fully saturated rings. The van der Waals surface area contributed by atoms with Crippen LogP contribution in [-0.4, -0.2) is 39.9 Å². The first-order valence-corrected chi connectivity index (χ1v) is 7.81. The molecule has 0 aromatic carbocycles. The SMILES string of the molecule is CCCn1c(N)c(C(=O)CN(C)C2CCCC2)c(=O)[nH]c1=O. The van der Waals surface area contributed by atoms with Gasteiger partial charge in [0.25, 0.3) is 5.56 Å². The van der Waals surface area contributed by atoms with Crippen LogP contribution in [0.1, 0.15) is 49.4 Å². The molecule has 7 nitrogen and oxygen atoms in total. The van der Waals surface area contributed by atoms with E-state index >= 15 is 0 Å². The van der Waals surface area contributed by atoms with Crippen molar-refractivity contribution in [3.63, 3.8) is 0 Å². The van der Waals surface area contributed by atoms with E-state index in [1.807, 2.05) is 18.9 Å². The van der Waals surface area contributed by atoms with Crippen molar-refractivity contribution < 1.29 is 4.79 Å². The Morgan fingerprint density at radius 3 is 2.59 bits per heavy atom. The zero-order valence-electron chi connectivity index (χ0n) is 13.2. The first kappa shape index (κ1) is 16.5. The predicted octanol–water partition coefficient (Wildman–Crippen LogP) is 0.586. The summed E-state index contributed by atoms with van der Waals surface area (Å²) in [6, 6.07) is 0.380. The number of ketones is 1. The largest absolute Gasteiger partial charge is 0.384 e. The summed E-state index contributed by atoms with van der Waals surface area (Å²) in [6.45, 7) is 2.41. The predicted molar refractivity (Wildman–Crippen MR) is 85.2 cm³/mol. The van der Waals surface area contributed by atoms with Gasteiger partial charge in [0.15, 0.2) is 5.78 Å². The standard InChI is InChI=1S/C15H24N4O3/c1-3-8-19-13(16)12(14(21)17-15(19)22)11(20)9-18(2)10-6-4-5-7-10/h10H,3-9,16H2,1-2H3,(H,17,21,22). The summed E-state index contributed by atoms with van der Waals surface area (Å²) in [6.07, 6.45) is 5.18. The molecule has 0 amide bonds. The van der Waals surface area contributed by atoms with Crippen molar-refractivity contribution in [2.75, 3.05) is 19.3 Å². The summed E-state index contributed by atoms with van der Waals surface area (Å²) in [4.78, 5) is 40.4. The van der Waals surface area contributed by atoms with Gasteiger partial charge in [-0.25, -0.2) is 4.79 Å². The summed E-state index contributed by atoms with van der Waals surface area (Å²) in [7, 11) is 1.89. The van der Waals surface area contributed by atoms with Crippen molar-refractivity contribution in [3.05, 3.63) is 26.4 Å². The molecule has 7 heteroatoms. The molecule has 122 valence electrons. The fourth-order valence-corrected chi connectivity index (χ4v) is 3.08. The summed E-state index contributed by atoms with van der Waals surface area (Å²) in [5.41, 5.74) is 4.55. The molecule has 0 saturated heterocycles. The monoisotopic (exact) mass is 308 g/mol. The summed E-state index contributed by atoms with van der Waals surface area (Å²) >= 11 is 0. The number of hydrogen-bond acceptors (Lipinski definition) is 5. The van der Waals surface area contributed by atoms with Crippen molar-refractivity contribution >= 4 is 11.6 Å². The number of nitrogen functional groups attached to an aromatic ring is 1. The van der Waals surface area contributed by atoms with E-state index in [1.54, 1.807) is 0 Å². The number of carbonyl (C=O) groups excluding carboxylic acids is 1. The number of rotatable bonds is 6. The number of aromatic amines is 1. The summed E-state index contributed by atoms with van der Waals surface area (Å²) in [5, 5.41) is 0. The van der Waals surface area contributed by atoms with Crippen LogP contribution in [0.4, 0.5) is 5.82 Å². The van der Waals surface area contributed by atoms with E-state index in [2.05, 4.69) is 4.98 Å². The average molecular weight is 308 g/mol. The lowest BCUT2D eigenvalue weighted by atomic mass is 10.1. The van der Waals surface area contributed by atoms with Crippen LogP contribution in [0, 0.1) is 0 Å². The number of carbonyl (C=O) groups is 1. The van der Waals surface area contributed by atoms with E-state index < -0.39 is 11.2 Å². The number of anilines is 1. The van der Waals surface area contributed by atoms with Crippen LogP contribution in [0.15, 0.2) is 9.59 Å². The Morgan fingerprint density at radius 1 is 1.36 bits per heavy atom. The first-order valence-electron chi connectivity index (χ1n) is 7.81. The highest BCUT2D eigenvalue weighted by molar-refractivity contribution is 6.01. The smallest absolute Gasteiger partial charge is 0.329 e. The van der Waals surface area contributed by atoms with Crippen molar-refractivity contribution in [1.82, 2.24) is 14.5 Å². The molecule has 2 rings (SSSR count). The van der Waals surface area contributed by atoms with E-state index in [-0.39, 0.29) is 23.7 Å². The Bertz CT molecular complexity index is 656. The number of nitrogens with one attached hydrogen (secondary N) is 1. The fourth-order valence-electron chi connectivity index (χ4n) is 3.08. The summed E-state index contributed by atoms with van der Waals surface area (Å²) in [5.74, 6) is -0.363. The molecule has 1 saturated carbocycles. The maximum Gasteiger partial charge on any atom is 0.329 e. The van der Waals surface area contributed by atoms with Crippen molar-refractivity contribution in [3.8, 4) is 0 Å². The van der Waals surface area contributed by atoms with Crippen LogP contribution in [0.25, 0.3) is 0 Å². The molecule has 0 bridgehead atoms. The third-order valence-electron chi connectivity index (χ3n) is 4.31. The van der Waals surface area contributed by atoms with Gasteiger partial charge in [-0.05, 0) is 26.3 Å². The van der Waals surface area contributed by atoms with Gasteiger partial charge in [0, 0.05) is 12.6 Å². The van der Waals surface area contributed by atoms with Crippen LogP contribution in [0.5, 0.6) is 0 Å².